The molecule has 1 rings (SSSR count). The zero-order valence-corrected chi connectivity index (χ0v) is 11.4. The van der Waals surface area contributed by atoms with Crippen LogP contribution in [-0.4, -0.2) is 23.9 Å². The van der Waals surface area contributed by atoms with Crippen LogP contribution in [-0.2, 0) is 4.79 Å². The van der Waals surface area contributed by atoms with Gasteiger partial charge in [-0.3, -0.25) is 4.79 Å². The van der Waals surface area contributed by atoms with Gasteiger partial charge in [0.05, 0.1) is 12.1 Å². The Morgan fingerprint density at radius 2 is 2.00 bits per heavy atom. The van der Waals surface area contributed by atoms with E-state index in [-0.39, 0.29) is 11.9 Å². The predicted octanol–water partition coefficient (Wildman–Crippen LogP) is 2.42. The Balaban J connectivity index is 2.77. The lowest BCUT2D eigenvalue weighted by atomic mass is 10.0. The third kappa shape index (κ3) is 3.44. The van der Waals surface area contributed by atoms with Crippen LogP contribution < -0.4 is 5.73 Å². The van der Waals surface area contributed by atoms with Crippen LogP contribution in [0.1, 0.15) is 30.5 Å². The molecule has 0 saturated carbocycles. The lowest BCUT2D eigenvalue weighted by molar-refractivity contribution is -0.133. The standard InChI is InChI=1S/C15H22N2O/c1-5-6-14(16)15(18)17(4)12(3)13-9-7-11(2)8-10-13/h5,7-10,12,14H,1,6,16H2,2-4H3. The molecule has 0 aliphatic rings. The summed E-state index contributed by atoms with van der Waals surface area (Å²) >= 11 is 0. The number of hydrogen-bond donors (Lipinski definition) is 1. The zero-order valence-electron chi connectivity index (χ0n) is 11.4. The summed E-state index contributed by atoms with van der Waals surface area (Å²) in [6.45, 7) is 7.65. The highest BCUT2D eigenvalue weighted by atomic mass is 16.2. The topological polar surface area (TPSA) is 46.3 Å². The van der Waals surface area contributed by atoms with Crippen molar-refractivity contribution in [3.05, 3.63) is 48.0 Å². The van der Waals surface area contributed by atoms with E-state index < -0.39 is 6.04 Å². The van der Waals surface area contributed by atoms with Gasteiger partial charge in [0.25, 0.3) is 0 Å². The first-order valence-corrected chi connectivity index (χ1v) is 6.17. The normalized spacial score (nSPS) is 13.8. The van der Waals surface area contributed by atoms with Crippen molar-refractivity contribution in [2.75, 3.05) is 7.05 Å². The number of nitrogens with two attached hydrogens (primary N) is 1. The zero-order chi connectivity index (χ0) is 13.7. The molecule has 1 amide bonds. The van der Waals surface area contributed by atoms with E-state index in [2.05, 4.69) is 6.58 Å². The van der Waals surface area contributed by atoms with Gasteiger partial charge in [-0.15, -0.1) is 6.58 Å². The number of nitrogens with zero attached hydrogens (tertiary/aromatic N) is 1. The fraction of sp³-hybridized carbons (Fsp3) is 0.400. The van der Waals surface area contributed by atoms with Crippen molar-refractivity contribution in [3.8, 4) is 0 Å². The molecule has 0 radical (unpaired) electrons. The van der Waals surface area contributed by atoms with E-state index in [1.165, 1.54) is 5.56 Å². The SMILES string of the molecule is C=CCC(N)C(=O)N(C)C(C)c1ccc(C)cc1. The van der Waals surface area contributed by atoms with Gasteiger partial charge in [0.1, 0.15) is 0 Å². The molecule has 2 unspecified atom stereocenters. The summed E-state index contributed by atoms with van der Waals surface area (Å²) in [5.74, 6) is -0.0528. The fourth-order valence-electron chi connectivity index (χ4n) is 1.80. The van der Waals surface area contributed by atoms with Crippen LogP contribution in [0.2, 0.25) is 0 Å². The monoisotopic (exact) mass is 246 g/mol. The van der Waals surface area contributed by atoms with Crippen molar-refractivity contribution in [2.45, 2.75) is 32.4 Å². The average molecular weight is 246 g/mol. The van der Waals surface area contributed by atoms with Crippen LogP contribution in [0, 0.1) is 6.92 Å². The molecular weight excluding hydrogens is 224 g/mol. The number of carbonyl (C=O) groups excluding carboxylic acids is 1. The smallest absolute Gasteiger partial charge is 0.240 e. The molecule has 0 heterocycles. The Bertz CT molecular complexity index is 411. The average Bonchev–Trinajstić information content (AvgIpc) is 2.37. The molecule has 0 aliphatic heterocycles. The van der Waals surface area contributed by atoms with Gasteiger partial charge in [0.15, 0.2) is 0 Å². The second kappa shape index (κ2) is 6.36. The van der Waals surface area contributed by atoms with Crippen molar-refractivity contribution in [1.29, 1.82) is 0 Å². The maximum absolute atomic E-state index is 12.1. The third-order valence-corrected chi connectivity index (χ3v) is 3.23. The van der Waals surface area contributed by atoms with Crippen LogP contribution in [0.15, 0.2) is 36.9 Å². The summed E-state index contributed by atoms with van der Waals surface area (Å²) in [5, 5.41) is 0. The lowest BCUT2D eigenvalue weighted by Crippen LogP contribution is -2.42. The predicted molar refractivity (Wildman–Crippen MR) is 75.2 cm³/mol. The highest BCUT2D eigenvalue weighted by molar-refractivity contribution is 5.82. The number of rotatable bonds is 5. The van der Waals surface area contributed by atoms with Crippen LogP contribution in [0.5, 0.6) is 0 Å². The van der Waals surface area contributed by atoms with Crippen molar-refractivity contribution in [1.82, 2.24) is 4.90 Å². The molecule has 18 heavy (non-hydrogen) atoms. The molecule has 1 aromatic rings. The second-order valence-electron chi connectivity index (χ2n) is 4.67. The van der Waals surface area contributed by atoms with E-state index in [1.807, 2.05) is 38.1 Å². The van der Waals surface area contributed by atoms with Gasteiger partial charge in [0.2, 0.25) is 5.91 Å². The van der Waals surface area contributed by atoms with Crippen LogP contribution in [0.4, 0.5) is 0 Å². The van der Waals surface area contributed by atoms with Gasteiger partial charge in [0, 0.05) is 7.05 Å². The number of aryl methyl sites for hydroxylation is 1. The minimum absolute atomic E-state index is 0.0222. The molecule has 0 aliphatic carbocycles. The highest BCUT2D eigenvalue weighted by Gasteiger charge is 2.21. The minimum atomic E-state index is -0.500. The van der Waals surface area contributed by atoms with Crippen molar-refractivity contribution in [2.24, 2.45) is 5.73 Å². The molecule has 0 bridgehead atoms. The van der Waals surface area contributed by atoms with E-state index in [1.54, 1.807) is 18.0 Å². The van der Waals surface area contributed by atoms with Crippen molar-refractivity contribution >= 4 is 5.91 Å². The molecule has 98 valence electrons. The molecule has 3 heteroatoms. The number of amides is 1. The van der Waals surface area contributed by atoms with E-state index in [0.29, 0.717) is 6.42 Å². The molecule has 0 aromatic heterocycles. The number of carbonyl (C=O) groups is 1. The number of likely N-dealkylation sites (N-methyl/N-ethyl adjacent to an activating group) is 1. The third-order valence-electron chi connectivity index (χ3n) is 3.23. The Hall–Kier alpha value is -1.61. The van der Waals surface area contributed by atoms with E-state index in [9.17, 15) is 4.79 Å². The first-order valence-electron chi connectivity index (χ1n) is 6.17. The molecule has 1 aromatic carbocycles. The van der Waals surface area contributed by atoms with Gasteiger partial charge < -0.3 is 10.6 Å². The van der Waals surface area contributed by atoms with Gasteiger partial charge in [-0.25, -0.2) is 0 Å². The van der Waals surface area contributed by atoms with Gasteiger partial charge in [-0.1, -0.05) is 35.9 Å². The van der Waals surface area contributed by atoms with E-state index >= 15 is 0 Å². The Morgan fingerprint density at radius 1 is 1.44 bits per heavy atom. The molecule has 3 nitrogen and oxygen atoms in total. The summed E-state index contributed by atoms with van der Waals surface area (Å²) < 4.78 is 0. The fourth-order valence-corrected chi connectivity index (χ4v) is 1.80. The van der Waals surface area contributed by atoms with Gasteiger partial charge in [-0.05, 0) is 25.8 Å². The lowest BCUT2D eigenvalue weighted by Gasteiger charge is -2.27. The second-order valence-corrected chi connectivity index (χ2v) is 4.67. The number of hydrogen-bond acceptors (Lipinski definition) is 2. The van der Waals surface area contributed by atoms with Crippen LogP contribution in [0.3, 0.4) is 0 Å². The van der Waals surface area contributed by atoms with Crippen molar-refractivity contribution < 1.29 is 4.79 Å². The summed E-state index contributed by atoms with van der Waals surface area (Å²) in [4.78, 5) is 13.8. The highest BCUT2D eigenvalue weighted by Crippen LogP contribution is 2.19. The summed E-state index contributed by atoms with van der Waals surface area (Å²) in [7, 11) is 1.79. The Morgan fingerprint density at radius 3 is 2.50 bits per heavy atom. The molecule has 2 atom stereocenters. The van der Waals surface area contributed by atoms with E-state index in [4.69, 9.17) is 5.73 Å². The van der Waals surface area contributed by atoms with Gasteiger partial charge in [-0.2, -0.15) is 0 Å². The van der Waals surface area contributed by atoms with Crippen LogP contribution in [0.25, 0.3) is 0 Å². The minimum Gasteiger partial charge on any atom is -0.338 e. The quantitative estimate of drug-likeness (QED) is 0.811. The summed E-state index contributed by atoms with van der Waals surface area (Å²) in [6, 6.07) is 7.71. The molecule has 0 saturated heterocycles. The molecule has 0 spiro atoms. The first-order chi connectivity index (χ1) is 8.47. The van der Waals surface area contributed by atoms with Gasteiger partial charge >= 0.3 is 0 Å². The maximum atomic E-state index is 12.1. The molecule has 2 N–H and O–H groups in total. The Kier molecular flexibility index (Phi) is 5.10. The van der Waals surface area contributed by atoms with Crippen LogP contribution >= 0.6 is 0 Å². The largest absolute Gasteiger partial charge is 0.338 e. The number of benzene rings is 1. The maximum Gasteiger partial charge on any atom is 0.240 e. The molecule has 0 fully saturated rings. The first kappa shape index (κ1) is 14.5. The van der Waals surface area contributed by atoms with Crippen molar-refractivity contribution in [3.63, 3.8) is 0 Å². The summed E-state index contributed by atoms with van der Waals surface area (Å²) in [5.41, 5.74) is 8.13. The molecular formula is C15H22N2O. The summed E-state index contributed by atoms with van der Waals surface area (Å²) in [6.07, 6.45) is 2.18. The van der Waals surface area contributed by atoms with E-state index in [0.717, 1.165) is 5.56 Å². The Labute approximate surface area is 109 Å².